The molecule has 12 heavy (non-hydrogen) atoms. The van der Waals surface area contributed by atoms with Crippen molar-refractivity contribution in [2.45, 2.75) is 30.8 Å². The number of esters is 1. The van der Waals surface area contributed by atoms with Crippen molar-refractivity contribution in [2.24, 2.45) is 11.7 Å². The molecule has 5 nitrogen and oxygen atoms in total. The number of ether oxygens (including phenoxy) is 1. The van der Waals surface area contributed by atoms with Crippen molar-refractivity contribution in [3.8, 4) is 0 Å². The zero-order valence-electron chi connectivity index (χ0n) is 6.38. The summed E-state index contributed by atoms with van der Waals surface area (Å²) >= 11 is 0. The maximum absolute atomic E-state index is 10.8. The predicted octanol–water partition coefficient (Wildman–Crippen LogP) is -2.02. The van der Waals surface area contributed by atoms with E-state index in [1.54, 1.807) is 0 Å². The van der Waals surface area contributed by atoms with Gasteiger partial charge in [0.1, 0.15) is 12.2 Å². The topological polar surface area (TPSA) is 92.8 Å². The van der Waals surface area contributed by atoms with Crippen molar-refractivity contribution in [1.82, 2.24) is 0 Å². The number of rotatable bonds is 0. The number of fused-ring (bicyclic) bond motifs is 1. The average molecular weight is 173 g/mol. The van der Waals surface area contributed by atoms with E-state index in [2.05, 4.69) is 0 Å². The first-order chi connectivity index (χ1) is 5.61. The summed E-state index contributed by atoms with van der Waals surface area (Å²) < 4.78 is 4.81. The molecule has 4 N–H and O–H groups in total. The highest BCUT2D eigenvalue weighted by molar-refractivity contribution is 5.72. The van der Waals surface area contributed by atoms with Gasteiger partial charge in [-0.1, -0.05) is 0 Å². The Labute approximate surface area is 69.1 Å². The molecule has 1 saturated carbocycles. The van der Waals surface area contributed by atoms with Crippen LogP contribution in [-0.2, 0) is 9.53 Å². The van der Waals surface area contributed by atoms with Crippen molar-refractivity contribution < 1.29 is 19.7 Å². The molecule has 5 heteroatoms. The molecule has 1 saturated heterocycles. The monoisotopic (exact) mass is 173 g/mol. The molecule has 0 amide bonds. The summed E-state index contributed by atoms with van der Waals surface area (Å²) in [6.45, 7) is 0. The average Bonchev–Trinajstić information content (AvgIpc) is 2.49. The fourth-order valence-corrected chi connectivity index (χ4v) is 1.95. The van der Waals surface area contributed by atoms with Gasteiger partial charge >= 0.3 is 5.97 Å². The molecular weight excluding hydrogens is 162 g/mol. The van der Waals surface area contributed by atoms with Gasteiger partial charge in [0.15, 0.2) is 0 Å². The number of aliphatic hydroxyl groups is 2. The van der Waals surface area contributed by atoms with Gasteiger partial charge in [0, 0.05) is 12.0 Å². The van der Waals surface area contributed by atoms with E-state index in [1.807, 2.05) is 0 Å². The number of hydrogen-bond acceptors (Lipinski definition) is 5. The largest absolute Gasteiger partial charge is 0.459 e. The van der Waals surface area contributed by atoms with Crippen LogP contribution in [0.3, 0.4) is 0 Å². The third kappa shape index (κ3) is 0.872. The summed E-state index contributed by atoms with van der Waals surface area (Å²) in [6, 6.07) is -0.545. The van der Waals surface area contributed by atoms with Crippen LogP contribution >= 0.6 is 0 Å². The number of carbonyl (C=O) groups is 1. The minimum Gasteiger partial charge on any atom is -0.459 e. The Balaban J connectivity index is 2.20. The standard InChI is InChI=1S/C7H11NO4/c8-4-2-1-3(9)12-7(2)6(11)5(4)10/h2,4-7,10-11H,1,8H2/t2-,4-,5-,6-,7-/m1/s1. The van der Waals surface area contributed by atoms with Gasteiger partial charge in [0.2, 0.25) is 0 Å². The second-order valence-corrected chi connectivity index (χ2v) is 3.38. The molecule has 2 aliphatic rings. The van der Waals surface area contributed by atoms with Crippen molar-refractivity contribution in [3.63, 3.8) is 0 Å². The second kappa shape index (κ2) is 2.42. The first-order valence-corrected chi connectivity index (χ1v) is 3.92. The first kappa shape index (κ1) is 7.97. The molecular formula is C7H11NO4. The number of carbonyl (C=O) groups excluding carboxylic acids is 1. The van der Waals surface area contributed by atoms with E-state index in [-0.39, 0.29) is 18.3 Å². The fourth-order valence-electron chi connectivity index (χ4n) is 1.95. The van der Waals surface area contributed by atoms with Crippen LogP contribution in [0.15, 0.2) is 0 Å². The normalized spacial score (nSPS) is 52.2. The van der Waals surface area contributed by atoms with Crippen LogP contribution in [-0.4, -0.2) is 40.5 Å². The molecule has 1 heterocycles. The summed E-state index contributed by atoms with van der Waals surface area (Å²) in [5.41, 5.74) is 5.57. The smallest absolute Gasteiger partial charge is 0.306 e. The molecule has 2 fully saturated rings. The van der Waals surface area contributed by atoms with Gasteiger partial charge in [0.05, 0.1) is 12.5 Å². The number of hydrogen-bond donors (Lipinski definition) is 3. The molecule has 1 aliphatic carbocycles. The highest BCUT2D eigenvalue weighted by Crippen LogP contribution is 2.36. The number of nitrogens with two attached hydrogens (primary N) is 1. The highest BCUT2D eigenvalue weighted by atomic mass is 16.6. The zero-order chi connectivity index (χ0) is 8.88. The third-order valence-corrected chi connectivity index (χ3v) is 2.67. The molecule has 1 aliphatic heterocycles. The van der Waals surface area contributed by atoms with Gasteiger partial charge in [-0.15, -0.1) is 0 Å². The van der Waals surface area contributed by atoms with E-state index < -0.39 is 24.4 Å². The Hall–Kier alpha value is -0.650. The third-order valence-electron chi connectivity index (χ3n) is 2.67. The van der Waals surface area contributed by atoms with Gasteiger partial charge in [-0.05, 0) is 0 Å². The van der Waals surface area contributed by atoms with Gasteiger partial charge < -0.3 is 20.7 Å². The Morgan fingerprint density at radius 2 is 2.08 bits per heavy atom. The van der Waals surface area contributed by atoms with Crippen LogP contribution in [0.1, 0.15) is 6.42 Å². The second-order valence-electron chi connectivity index (χ2n) is 3.38. The molecule has 5 atom stereocenters. The van der Waals surface area contributed by atoms with E-state index in [1.165, 1.54) is 0 Å². The van der Waals surface area contributed by atoms with E-state index in [4.69, 9.17) is 10.5 Å². The fraction of sp³-hybridized carbons (Fsp3) is 0.857. The van der Waals surface area contributed by atoms with Crippen LogP contribution in [0, 0.1) is 5.92 Å². The Kier molecular flexibility index (Phi) is 1.61. The van der Waals surface area contributed by atoms with Crippen molar-refractivity contribution in [3.05, 3.63) is 0 Å². The molecule has 0 bridgehead atoms. The van der Waals surface area contributed by atoms with Crippen molar-refractivity contribution in [2.75, 3.05) is 0 Å². The molecule has 2 rings (SSSR count). The number of aliphatic hydroxyl groups excluding tert-OH is 2. The minimum atomic E-state index is -1.02. The summed E-state index contributed by atoms with van der Waals surface area (Å²) in [7, 11) is 0. The summed E-state index contributed by atoms with van der Waals surface area (Å²) in [5, 5.41) is 18.6. The van der Waals surface area contributed by atoms with Crippen LogP contribution < -0.4 is 5.73 Å². The lowest BCUT2D eigenvalue weighted by molar-refractivity contribution is -0.147. The van der Waals surface area contributed by atoms with E-state index in [9.17, 15) is 15.0 Å². The molecule has 0 spiro atoms. The quantitative estimate of drug-likeness (QED) is 0.368. The maximum atomic E-state index is 10.8. The maximum Gasteiger partial charge on any atom is 0.306 e. The van der Waals surface area contributed by atoms with Crippen molar-refractivity contribution in [1.29, 1.82) is 0 Å². The van der Waals surface area contributed by atoms with Gasteiger partial charge in [-0.25, -0.2) is 0 Å². The minimum absolute atomic E-state index is 0.208. The Morgan fingerprint density at radius 3 is 2.67 bits per heavy atom. The van der Waals surface area contributed by atoms with Crippen LogP contribution in [0.25, 0.3) is 0 Å². The Morgan fingerprint density at radius 1 is 1.42 bits per heavy atom. The van der Waals surface area contributed by atoms with Crippen LogP contribution in [0.4, 0.5) is 0 Å². The lowest BCUT2D eigenvalue weighted by Gasteiger charge is -2.14. The van der Waals surface area contributed by atoms with E-state index in [0.717, 1.165) is 0 Å². The Bertz CT molecular complexity index is 199. The summed E-state index contributed by atoms with van der Waals surface area (Å²) in [6.07, 6.45) is -2.37. The van der Waals surface area contributed by atoms with Crippen LogP contribution in [0.2, 0.25) is 0 Å². The van der Waals surface area contributed by atoms with Gasteiger partial charge in [-0.2, -0.15) is 0 Å². The molecule has 0 aromatic carbocycles. The van der Waals surface area contributed by atoms with E-state index in [0.29, 0.717) is 0 Å². The summed E-state index contributed by atoms with van der Waals surface area (Å²) in [5.74, 6) is -0.561. The summed E-state index contributed by atoms with van der Waals surface area (Å²) in [4.78, 5) is 10.8. The van der Waals surface area contributed by atoms with Gasteiger partial charge in [-0.3, -0.25) is 4.79 Å². The molecule has 0 unspecified atom stereocenters. The molecule has 68 valence electrons. The van der Waals surface area contributed by atoms with E-state index >= 15 is 0 Å². The molecule has 0 aromatic heterocycles. The highest BCUT2D eigenvalue weighted by Gasteiger charge is 2.54. The van der Waals surface area contributed by atoms with Crippen molar-refractivity contribution >= 4 is 5.97 Å². The lowest BCUT2D eigenvalue weighted by atomic mass is 10.0. The first-order valence-electron chi connectivity index (χ1n) is 3.92. The lowest BCUT2D eigenvalue weighted by Crippen LogP contribution is -2.39. The van der Waals surface area contributed by atoms with Crippen LogP contribution in [0.5, 0.6) is 0 Å². The van der Waals surface area contributed by atoms with Gasteiger partial charge in [0.25, 0.3) is 0 Å². The zero-order valence-corrected chi connectivity index (χ0v) is 6.38. The molecule has 0 aromatic rings. The SMILES string of the molecule is N[C@H]1[C@@H](O)[C@@H](O)[C@@H]2OC(=O)C[C@H]12. The predicted molar refractivity (Wildman–Crippen MR) is 38.0 cm³/mol. The molecule has 0 radical (unpaired) electrons.